The lowest BCUT2D eigenvalue weighted by Crippen LogP contribution is -2.26. The van der Waals surface area contributed by atoms with Gasteiger partial charge in [0.2, 0.25) is 0 Å². The normalized spacial score (nSPS) is 16.1. The van der Waals surface area contributed by atoms with Crippen molar-refractivity contribution in [2.75, 3.05) is 12.0 Å². The van der Waals surface area contributed by atoms with Gasteiger partial charge < -0.3 is 10.7 Å². The van der Waals surface area contributed by atoms with Crippen LogP contribution in [0.15, 0.2) is 24.3 Å². The molecule has 0 atom stereocenters. The molecular formula is C15H23N3O. The smallest absolute Gasteiger partial charge is 0.251 e. The van der Waals surface area contributed by atoms with E-state index in [4.69, 9.17) is 5.84 Å². The Hall–Kier alpha value is -1.55. The van der Waals surface area contributed by atoms with E-state index in [1.165, 1.54) is 32.1 Å². The zero-order chi connectivity index (χ0) is 13.5. The molecule has 0 spiro atoms. The summed E-state index contributed by atoms with van der Waals surface area (Å²) in [5.74, 6) is 6.09. The van der Waals surface area contributed by atoms with E-state index in [0.717, 1.165) is 24.6 Å². The Kier molecular flexibility index (Phi) is 5.21. The molecule has 0 radical (unpaired) electrons. The summed E-state index contributed by atoms with van der Waals surface area (Å²) in [5, 5.41) is 2.99. The average Bonchev–Trinajstić information content (AvgIpc) is 2.48. The molecule has 4 nitrogen and oxygen atoms in total. The van der Waals surface area contributed by atoms with Crippen molar-refractivity contribution in [2.45, 2.75) is 38.5 Å². The van der Waals surface area contributed by atoms with Gasteiger partial charge in [0.25, 0.3) is 5.91 Å². The van der Waals surface area contributed by atoms with E-state index in [1.54, 1.807) is 24.3 Å². The molecule has 104 valence electrons. The van der Waals surface area contributed by atoms with E-state index in [0.29, 0.717) is 5.56 Å². The summed E-state index contributed by atoms with van der Waals surface area (Å²) in [6.07, 6.45) is 7.84. The minimum absolute atomic E-state index is 0.000573. The van der Waals surface area contributed by atoms with Gasteiger partial charge in [0.1, 0.15) is 0 Å². The van der Waals surface area contributed by atoms with Crippen molar-refractivity contribution >= 4 is 11.6 Å². The van der Waals surface area contributed by atoms with Crippen LogP contribution in [0.1, 0.15) is 48.9 Å². The zero-order valence-electron chi connectivity index (χ0n) is 11.3. The Morgan fingerprint density at radius 2 is 1.84 bits per heavy atom. The van der Waals surface area contributed by atoms with E-state index >= 15 is 0 Å². The summed E-state index contributed by atoms with van der Waals surface area (Å²) in [7, 11) is 0. The van der Waals surface area contributed by atoms with Crippen LogP contribution in [0.25, 0.3) is 0 Å². The molecule has 0 aromatic heterocycles. The van der Waals surface area contributed by atoms with E-state index in [-0.39, 0.29) is 5.91 Å². The standard InChI is InChI=1S/C15H23N3O/c16-18-14-8-6-13(7-9-14)15(19)17-11-10-12-4-2-1-3-5-12/h6-9,12,18H,1-5,10-11,16H2,(H,17,19). The monoisotopic (exact) mass is 261 g/mol. The third kappa shape index (κ3) is 4.24. The Balaban J connectivity index is 1.73. The first-order chi connectivity index (χ1) is 9.29. The van der Waals surface area contributed by atoms with Crippen LogP contribution in [0, 0.1) is 5.92 Å². The molecule has 0 saturated heterocycles. The van der Waals surface area contributed by atoms with Crippen LogP contribution >= 0.6 is 0 Å². The van der Waals surface area contributed by atoms with Crippen LogP contribution in [-0.2, 0) is 0 Å². The summed E-state index contributed by atoms with van der Waals surface area (Å²) in [6.45, 7) is 0.778. The third-order valence-electron chi connectivity index (χ3n) is 3.88. The van der Waals surface area contributed by atoms with Crippen molar-refractivity contribution in [1.29, 1.82) is 0 Å². The van der Waals surface area contributed by atoms with Crippen molar-refractivity contribution < 1.29 is 4.79 Å². The van der Waals surface area contributed by atoms with Crippen LogP contribution in [0.2, 0.25) is 0 Å². The van der Waals surface area contributed by atoms with Gasteiger partial charge in [-0.25, -0.2) is 0 Å². The first-order valence-corrected chi connectivity index (χ1v) is 7.14. The molecule has 4 heteroatoms. The number of anilines is 1. The lowest BCUT2D eigenvalue weighted by atomic mass is 9.87. The molecule has 1 aromatic rings. The summed E-state index contributed by atoms with van der Waals surface area (Å²) in [4.78, 5) is 11.9. The molecule has 19 heavy (non-hydrogen) atoms. The minimum Gasteiger partial charge on any atom is -0.352 e. The fourth-order valence-electron chi connectivity index (χ4n) is 2.69. The Labute approximate surface area is 114 Å². The fraction of sp³-hybridized carbons (Fsp3) is 0.533. The maximum atomic E-state index is 11.9. The van der Waals surface area contributed by atoms with Gasteiger partial charge in [-0.3, -0.25) is 10.6 Å². The number of hydrogen-bond acceptors (Lipinski definition) is 3. The Bertz CT molecular complexity index is 396. The Morgan fingerprint density at radius 3 is 2.47 bits per heavy atom. The SMILES string of the molecule is NNc1ccc(C(=O)NCCC2CCCCC2)cc1. The molecular weight excluding hydrogens is 238 g/mol. The molecule has 2 rings (SSSR count). The number of nitrogen functional groups attached to an aromatic ring is 1. The lowest BCUT2D eigenvalue weighted by molar-refractivity contribution is 0.0950. The number of carbonyl (C=O) groups is 1. The number of hydrogen-bond donors (Lipinski definition) is 3. The molecule has 4 N–H and O–H groups in total. The predicted molar refractivity (Wildman–Crippen MR) is 77.8 cm³/mol. The quantitative estimate of drug-likeness (QED) is 0.564. The van der Waals surface area contributed by atoms with E-state index in [9.17, 15) is 4.79 Å². The van der Waals surface area contributed by atoms with Gasteiger partial charge in [-0.1, -0.05) is 32.1 Å². The number of amides is 1. The van der Waals surface area contributed by atoms with Gasteiger partial charge in [0.05, 0.1) is 0 Å². The van der Waals surface area contributed by atoms with Gasteiger partial charge in [0, 0.05) is 17.8 Å². The summed E-state index contributed by atoms with van der Waals surface area (Å²) < 4.78 is 0. The lowest BCUT2D eigenvalue weighted by Gasteiger charge is -2.21. The first kappa shape index (κ1) is 13.9. The molecule has 0 unspecified atom stereocenters. The number of nitrogens with two attached hydrogens (primary N) is 1. The maximum Gasteiger partial charge on any atom is 0.251 e. The minimum atomic E-state index is -0.000573. The van der Waals surface area contributed by atoms with Crippen LogP contribution < -0.4 is 16.6 Å². The summed E-state index contributed by atoms with van der Waals surface area (Å²) >= 11 is 0. The van der Waals surface area contributed by atoms with Crippen molar-refractivity contribution in [1.82, 2.24) is 5.32 Å². The fourth-order valence-corrected chi connectivity index (χ4v) is 2.69. The second kappa shape index (κ2) is 7.14. The highest BCUT2D eigenvalue weighted by Crippen LogP contribution is 2.25. The number of rotatable bonds is 5. The number of carbonyl (C=O) groups excluding carboxylic acids is 1. The van der Waals surface area contributed by atoms with Crippen molar-refractivity contribution in [3.8, 4) is 0 Å². The molecule has 1 aromatic carbocycles. The summed E-state index contributed by atoms with van der Waals surface area (Å²) in [5.41, 5.74) is 4.03. The molecule has 1 saturated carbocycles. The molecule has 1 aliphatic rings. The van der Waals surface area contributed by atoms with Crippen LogP contribution in [0.3, 0.4) is 0 Å². The van der Waals surface area contributed by atoms with Crippen molar-refractivity contribution in [3.63, 3.8) is 0 Å². The molecule has 1 fully saturated rings. The maximum absolute atomic E-state index is 11.9. The van der Waals surface area contributed by atoms with Crippen LogP contribution in [0.5, 0.6) is 0 Å². The second-order valence-electron chi connectivity index (χ2n) is 5.27. The zero-order valence-corrected chi connectivity index (χ0v) is 11.3. The van der Waals surface area contributed by atoms with Crippen molar-refractivity contribution in [3.05, 3.63) is 29.8 Å². The number of benzene rings is 1. The van der Waals surface area contributed by atoms with Gasteiger partial charge in [-0.2, -0.15) is 0 Å². The average molecular weight is 261 g/mol. The first-order valence-electron chi connectivity index (χ1n) is 7.14. The molecule has 0 aliphatic heterocycles. The Morgan fingerprint density at radius 1 is 1.16 bits per heavy atom. The van der Waals surface area contributed by atoms with Crippen LogP contribution in [0.4, 0.5) is 5.69 Å². The predicted octanol–water partition coefficient (Wildman–Crippen LogP) is 2.67. The van der Waals surface area contributed by atoms with Gasteiger partial charge in [-0.15, -0.1) is 0 Å². The van der Waals surface area contributed by atoms with Gasteiger partial charge >= 0.3 is 0 Å². The van der Waals surface area contributed by atoms with Gasteiger partial charge in [0.15, 0.2) is 0 Å². The third-order valence-corrected chi connectivity index (χ3v) is 3.88. The van der Waals surface area contributed by atoms with Gasteiger partial charge in [-0.05, 0) is 36.6 Å². The molecule has 1 aliphatic carbocycles. The largest absolute Gasteiger partial charge is 0.352 e. The van der Waals surface area contributed by atoms with Crippen molar-refractivity contribution in [2.24, 2.45) is 11.8 Å². The van der Waals surface area contributed by atoms with E-state index in [1.807, 2.05) is 0 Å². The number of hydrazine groups is 1. The molecule has 0 heterocycles. The highest BCUT2D eigenvalue weighted by atomic mass is 16.1. The van der Waals surface area contributed by atoms with E-state index in [2.05, 4.69) is 10.7 Å². The molecule has 0 bridgehead atoms. The topological polar surface area (TPSA) is 67.1 Å². The van der Waals surface area contributed by atoms with E-state index < -0.39 is 0 Å². The van der Waals surface area contributed by atoms with Crippen LogP contribution in [-0.4, -0.2) is 12.5 Å². The highest BCUT2D eigenvalue weighted by Gasteiger charge is 2.13. The highest BCUT2D eigenvalue weighted by molar-refractivity contribution is 5.94. The molecule has 1 amide bonds. The second-order valence-corrected chi connectivity index (χ2v) is 5.27. The number of nitrogens with one attached hydrogen (secondary N) is 2. The summed E-state index contributed by atoms with van der Waals surface area (Å²) in [6, 6.07) is 7.17.